The largest absolute Gasteiger partial charge is 0.493 e. The molecule has 0 radical (unpaired) electrons. The van der Waals surface area contributed by atoms with Crippen molar-refractivity contribution >= 4 is 11.0 Å². The van der Waals surface area contributed by atoms with E-state index >= 15 is 0 Å². The molecule has 6 nitrogen and oxygen atoms in total. The molecule has 1 aromatic heterocycles. The first kappa shape index (κ1) is 24.3. The molecule has 0 unspecified atom stereocenters. The van der Waals surface area contributed by atoms with Crippen LogP contribution < -0.4 is 4.74 Å². The minimum absolute atomic E-state index is 0.259. The number of aromatic nitrogens is 1. The molecule has 1 saturated carbocycles. The van der Waals surface area contributed by atoms with Gasteiger partial charge < -0.3 is 19.3 Å². The third-order valence-electron chi connectivity index (χ3n) is 7.75. The number of nitrogens with zero attached hydrogens (tertiary/aromatic N) is 3. The molecule has 5 rings (SSSR count). The van der Waals surface area contributed by atoms with E-state index < -0.39 is 0 Å². The van der Waals surface area contributed by atoms with Crippen molar-refractivity contribution in [2.45, 2.75) is 45.2 Å². The minimum Gasteiger partial charge on any atom is -0.493 e. The number of benzene rings is 2. The van der Waals surface area contributed by atoms with Crippen LogP contribution in [0.3, 0.4) is 0 Å². The van der Waals surface area contributed by atoms with E-state index in [9.17, 15) is 5.11 Å². The fourth-order valence-electron chi connectivity index (χ4n) is 5.42. The predicted molar refractivity (Wildman–Crippen MR) is 138 cm³/mol. The summed E-state index contributed by atoms with van der Waals surface area (Å²) >= 11 is 0. The van der Waals surface area contributed by atoms with E-state index in [1.807, 2.05) is 0 Å². The molecule has 0 bridgehead atoms. The third kappa shape index (κ3) is 6.05. The van der Waals surface area contributed by atoms with Gasteiger partial charge in [-0.25, -0.2) is 0 Å². The zero-order valence-electron chi connectivity index (χ0n) is 21.2. The van der Waals surface area contributed by atoms with Crippen molar-refractivity contribution < 1.29 is 14.4 Å². The Kier molecular flexibility index (Phi) is 7.71. The van der Waals surface area contributed by atoms with Gasteiger partial charge in [-0.3, -0.25) is 4.90 Å². The normalized spacial score (nSPS) is 21.1. The molecule has 1 aliphatic carbocycles. The van der Waals surface area contributed by atoms with E-state index in [-0.39, 0.29) is 6.61 Å². The van der Waals surface area contributed by atoms with Gasteiger partial charge >= 0.3 is 0 Å². The monoisotopic (exact) mass is 477 g/mol. The summed E-state index contributed by atoms with van der Waals surface area (Å²) in [6.07, 6.45) is 5.68. The Morgan fingerprint density at radius 2 is 1.89 bits per heavy atom. The lowest BCUT2D eigenvalue weighted by atomic mass is 9.91. The van der Waals surface area contributed by atoms with Crippen LogP contribution in [0.1, 0.15) is 42.5 Å². The number of piperidine rings is 1. The van der Waals surface area contributed by atoms with Crippen LogP contribution in [0.4, 0.5) is 0 Å². The number of likely N-dealkylation sites (tertiary alicyclic amines) is 1. The highest BCUT2D eigenvalue weighted by Crippen LogP contribution is 2.39. The lowest BCUT2D eigenvalue weighted by Crippen LogP contribution is -2.33. The second-order valence-electron chi connectivity index (χ2n) is 10.8. The van der Waals surface area contributed by atoms with Gasteiger partial charge in [0, 0.05) is 25.1 Å². The molecule has 1 aliphatic heterocycles. The summed E-state index contributed by atoms with van der Waals surface area (Å²) in [5, 5.41) is 14.9. The molecule has 35 heavy (non-hydrogen) atoms. The SMILES string of the molecule is CN(C)Cc1c(OC[C@H]2C[C@H]2CO)ccc2c(CCC3CCN(Cc4ccccc4)CC3)noc12. The van der Waals surface area contributed by atoms with Crippen LogP contribution in [0.5, 0.6) is 5.75 Å². The number of rotatable bonds is 11. The van der Waals surface area contributed by atoms with Gasteiger partial charge in [0.2, 0.25) is 0 Å². The number of aryl methyl sites for hydroxylation is 1. The quantitative estimate of drug-likeness (QED) is 0.430. The van der Waals surface area contributed by atoms with Crippen LogP contribution in [-0.4, -0.2) is 60.5 Å². The van der Waals surface area contributed by atoms with E-state index in [0.717, 1.165) is 66.2 Å². The molecule has 2 aliphatic rings. The Hall–Kier alpha value is -2.41. The van der Waals surface area contributed by atoms with Gasteiger partial charge in [0.15, 0.2) is 5.58 Å². The Morgan fingerprint density at radius 3 is 2.60 bits per heavy atom. The van der Waals surface area contributed by atoms with Crippen molar-refractivity contribution in [1.29, 1.82) is 0 Å². The summed E-state index contributed by atoms with van der Waals surface area (Å²) in [7, 11) is 4.12. The van der Waals surface area contributed by atoms with Crippen molar-refractivity contribution in [2.24, 2.45) is 17.8 Å². The van der Waals surface area contributed by atoms with Crippen LogP contribution in [-0.2, 0) is 19.5 Å². The van der Waals surface area contributed by atoms with Crippen molar-refractivity contribution in [3.63, 3.8) is 0 Å². The van der Waals surface area contributed by atoms with E-state index in [0.29, 0.717) is 18.4 Å². The Labute approximate surface area is 208 Å². The van der Waals surface area contributed by atoms with E-state index in [4.69, 9.17) is 9.26 Å². The van der Waals surface area contributed by atoms with Crippen molar-refractivity contribution in [3.8, 4) is 5.75 Å². The second-order valence-corrected chi connectivity index (χ2v) is 10.8. The molecule has 6 heteroatoms. The van der Waals surface area contributed by atoms with Gasteiger partial charge in [-0.2, -0.15) is 0 Å². The van der Waals surface area contributed by atoms with Crippen LogP contribution in [0, 0.1) is 17.8 Å². The maximum Gasteiger partial charge on any atom is 0.175 e. The maximum atomic E-state index is 9.32. The second kappa shape index (κ2) is 11.1. The van der Waals surface area contributed by atoms with Crippen LogP contribution in [0.2, 0.25) is 0 Å². The molecule has 2 heterocycles. The lowest BCUT2D eigenvalue weighted by Gasteiger charge is -2.31. The fraction of sp³-hybridized carbons (Fsp3) is 0.552. The van der Waals surface area contributed by atoms with E-state index in [1.165, 1.54) is 31.5 Å². The van der Waals surface area contributed by atoms with Gasteiger partial charge in [0.05, 0.1) is 17.9 Å². The average Bonchev–Trinajstić information content (AvgIpc) is 3.52. The Morgan fingerprint density at radius 1 is 1.09 bits per heavy atom. The number of aliphatic hydroxyl groups is 1. The number of hydrogen-bond acceptors (Lipinski definition) is 6. The summed E-state index contributed by atoms with van der Waals surface area (Å²) in [6, 6.07) is 15.0. The highest BCUT2D eigenvalue weighted by molar-refractivity contribution is 5.84. The number of aliphatic hydroxyl groups excluding tert-OH is 1. The first-order chi connectivity index (χ1) is 17.1. The molecule has 0 amide bonds. The highest BCUT2D eigenvalue weighted by atomic mass is 16.5. The van der Waals surface area contributed by atoms with Crippen molar-refractivity contribution in [2.75, 3.05) is 40.4 Å². The molecule has 188 valence electrons. The first-order valence-electron chi connectivity index (χ1n) is 13.2. The standard InChI is InChI=1S/C29H39N3O3/c1-31(2)18-26-28(34-20-24-16-23(24)19-33)11-9-25-27(30-35-29(25)26)10-8-21-12-14-32(15-13-21)17-22-6-4-3-5-7-22/h3-7,9,11,21,23-24,33H,8,10,12-20H2,1-2H3/t23-,24+/m0/s1. The van der Waals surface area contributed by atoms with Gasteiger partial charge in [-0.15, -0.1) is 0 Å². The predicted octanol–water partition coefficient (Wildman–Crippen LogP) is 4.74. The highest BCUT2D eigenvalue weighted by Gasteiger charge is 2.37. The summed E-state index contributed by atoms with van der Waals surface area (Å²) in [5.74, 6) is 2.49. The zero-order chi connectivity index (χ0) is 24.2. The van der Waals surface area contributed by atoms with Crippen molar-refractivity contribution in [1.82, 2.24) is 15.0 Å². The van der Waals surface area contributed by atoms with Gasteiger partial charge in [0.25, 0.3) is 0 Å². The Balaban J connectivity index is 1.19. The van der Waals surface area contributed by atoms with E-state index in [2.05, 4.69) is 71.5 Å². The zero-order valence-corrected chi connectivity index (χ0v) is 21.2. The van der Waals surface area contributed by atoms with E-state index in [1.54, 1.807) is 0 Å². The molecule has 2 atom stereocenters. The minimum atomic E-state index is 0.259. The molecule has 2 fully saturated rings. The molecule has 2 aromatic carbocycles. The summed E-state index contributed by atoms with van der Waals surface area (Å²) in [6.45, 7) is 5.06. The summed E-state index contributed by atoms with van der Waals surface area (Å²) in [5.41, 5.74) is 4.41. The molecule has 1 saturated heterocycles. The average molecular weight is 478 g/mol. The lowest BCUT2D eigenvalue weighted by molar-refractivity contribution is 0.172. The number of fused-ring (bicyclic) bond motifs is 1. The first-order valence-corrected chi connectivity index (χ1v) is 13.2. The topological polar surface area (TPSA) is 62.0 Å². The molecular weight excluding hydrogens is 438 g/mol. The molecular formula is C29H39N3O3. The molecule has 0 spiro atoms. The maximum absolute atomic E-state index is 9.32. The smallest absolute Gasteiger partial charge is 0.175 e. The van der Waals surface area contributed by atoms with Gasteiger partial charge in [-0.1, -0.05) is 35.5 Å². The van der Waals surface area contributed by atoms with Gasteiger partial charge in [0.1, 0.15) is 5.75 Å². The summed E-state index contributed by atoms with van der Waals surface area (Å²) in [4.78, 5) is 4.72. The van der Waals surface area contributed by atoms with Crippen molar-refractivity contribution in [3.05, 3.63) is 59.3 Å². The van der Waals surface area contributed by atoms with Crippen LogP contribution in [0.25, 0.3) is 11.0 Å². The number of ether oxygens (including phenoxy) is 1. The number of hydrogen-bond donors (Lipinski definition) is 1. The summed E-state index contributed by atoms with van der Waals surface area (Å²) < 4.78 is 12.1. The van der Waals surface area contributed by atoms with Gasteiger partial charge in [-0.05, 0) is 94.7 Å². The Bertz CT molecular complexity index is 1090. The van der Waals surface area contributed by atoms with Crippen LogP contribution >= 0.6 is 0 Å². The third-order valence-corrected chi connectivity index (χ3v) is 7.75. The van der Waals surface area contributed by atoms with Crippen LogP contribution in [0.15, 0.2) is 47.0 Å². The molecule has 1 N–H and O–H groups in total. The molecule has 3 aromatic rings. The fourth-order valence-corrected chi connectivity index (χ4v) is 5.42.